The summed E-state index contributed by atoms with van der Waals surface area (Å²) < 4.78 is 48.6. The van der Waals surface area contributed by atoms with Gasteiger partial charge in [-0.2, -0.15) is 13.2 Å². The van der Waals surface area contributed by atoms with Gasteiger partial charge in [0.2, 0.25) is 0 Å². The topological polar surface area (TPSA) is 47.6 Å². The lowest BCUT2D eigenvalue weighted by atomic mass is 10.2. The maximum atomic E-state index is 12.6. The summed E-state index contributed by atoms with van der Waals surface area (Å²) in [6, 6.07) is 11.6. The molecule has 0 radical (unpaired) electrons. The molecule has 7 heteroatoms. The highest BCUT2D eigenvalue weighted by atomic mass is 19.4. The summed E-state index contributed by atoms with van der Waals surface area (Å²) in [7, 11) is 0. The van der Waals surface area contributed by atoms with E-state index in [0.29, 0.717) is 5.75 Å². The van der Waals surface area contributed by atoms with Gasteiger partial charge in [0, 0.05) is 0 Å². The average molecular weight is 367 g/mol. The number of halogens is 3. The molecular formula is C19H20F3NO3. The van der Waals surface area contributed by atoms with E-state index in [2.05, 4.69) is 5.32 Å². The Bertz CT molecular complexity index is 730. The van der Waals surface area contributed by atoms with E-state index in [0.717, 1.165) is 17.7 Å². The fraction of sp³-hybridized carbons (Fsp3) is 0.316. The number of nitrogens with one attached hydrogen (secondary N) is 1. The predicted octanol–water partition coefficient (Wildman–Crippen LogP) is 3.98. The Labute approximate surface area is 149 Å². The number of carbonyl (C=O) groups excluding carboxylic acids is 1. The summed E-state index contributed by atoms with van der Waals surface area (Å²) >= 11 is 0. The summed E-state index contributed by atoms with van der Waals surface area (Å²) in [4.78, 5) is 11.9. The number of aryl methyl sites for hydroxylation is 1. The van der Waals surface area contributed by atoms with E-state index >= 15 is 0 Å². The number of rotatable bonds is 7. The number of hydrogen-bond donors (Lipinski definition) is 1. The SMILES string of the molecule is Cc1ccc(OCC(C)NC(=O)COc2cccc(C(F)(F)F)c2)cc1. The van der Waals surface area contributed by atoms with E-state index in [-0.39, 0.29) is 25.0 Å². The lowest BCUT2D eigenvalue weighted by Gasteiger charge is -2.16. The van der Waals surface area contributed by atoms with Crippen molar-refractivity contribution in [1.82, 2.24) is 5.32 Å². The summed E-state index contributed by atoms with van der Waals surface area (Å²) in [5, 5.41) is 2.67. The van der Waals surface area contributed by atoms with Crippen molar-refractivity contribution in [1.29, 1.82) is 0 Å². The van der Waals surface area contributed by atoms with Gasteiger partial charge in [-0.1, -0.05) is 23.8 Å². The minimum Gasteiger partial charge on any atom is -0.491 e. The molecule has 4 nitrogen and oxygen atoms in total. The highest BCUT2D eigenvalue weighted by molar-refractivity contribution is 5.77. The fourth-order valence-electron chi connectivity index (χ4n) is 2.12. The molecule has 1 amide bonds. The van der Waals surface area contributed by atoms with E-state index < -0.39 is 17.6 Å². The summed E-state index contributed by atoms with van der Waals surface area (Å²) in [5.41, 5.74) is 0.292. The number of alkyl halides is 3. The first kappa shape index (κ1) is 19.6. The molecule has 0 fully saturated rings. The minimum atomic E-state index is -4.45. The van der Waals surface area contributed by atoms with E-state index in [1.165, 1.54) is 12.1 Å². The average Bonchev–Trinajstić information content (AvgIpc) is 2.59. The molecule has 0 aliphatic rings. The quantitative estimate of drug-likeness (QED) is 0.805. The first-order valence-electron chi connectivity index (χ1n) is 8.03. The van der Waals surface area contributed by atoms with Crippen molar-refractivity contribution in [3.05, 3.63) is 59.7 Å². The van der Waals surface area contributed by atoms with Crippen LogP contribution in [0.5, 0.6) is 11.5 Å². The molecule has 2 aromatic rings. The Morgan fingerprint density at radius 1 is 1.08 bits per heavy atom. The molecule has 0 heterocycles. The molecule has 1 atom stereocenters. The number of hydrogen-bond acceptors (Lipinski definition) is 3. The van der Waals surface area contributed by atoms with Crippen molar-refractivity contribution in [2.75, 3.05) is 13.2 Å². The van der Waals surface area contributed by atoms with Crippen LogP contribution < -0.4 is 14.8 Å². The van der Waals surface area contributed by atoms with E-state index in [9.17, 15) is 18.0 Å². The molecule has 0 aromatic heterocycles. The second kappa shape index (κ2) is 8.60. The van der Waals surface area contributed by atoms with Crippen molar-refractivity contribution >= 4 is 5.91 Å². The molecule has 0 aliphatic carbocycles. The maximum absolute atomic E-state index is 12.6. The first-order valence-corrected chi connectivity index (χ1v) is 8.03. The number of amides is 1. The van der Waals surface area contributed by atoms with Crippen LogP contribution >= 0.6 is 0 Å². The zero-order chi connectivity index (χ0) is 19.2. The molecular weight excluding hydrogens is 347 g/mol. The third-order valence-corrected chi connectivity index (χ3v) is 3.46. The van der Waals surface area contributed by atoms with Crippen molar-refractivity contribution in [3.8, 4) is 11.5 Å². The summed E-state index contributed by atoms with van der Waals surface area (Å²) in [5.74, 6) is 0.234. The van der Waals surface area contributed by atoms with Crippen molar-refractivity contribution in [3.63, 3.8) is 0 Å². The van der Waals surface area contributed by atoms with Crippen LogP contribution in [0.4, 0.5) is 13.2 Å². The van der Waals surface area contributed by atoms with E-state index in [1.54, 1.807) is 6.92 Å². The van der Waals surface area contributed by atoms with Gasteiger partial charge in [-0.05, 0) is 44.2 Å². The Morgan fingerprint density at radius 2 is 1.77 bits per heavy atom. The molecule has 26 heavy (non-hydrogen) atoms. The Morgan fingerprint density at radius 3 is 2.42 bits per heavy atom. The van der Waals surface area contributed by atoms with Gasteiger partial charge in [0.15, 0.2) is 6.61 Å². The van der Waals surface area contributed by atoms with Gasteiger partial charge >= 0.3 is 6.18 Å². The zero-order valence-electron chi connectivity index (χ0n) is 14.5. The van der Waals surface area contributed by atoms with Gasteiger partial charge in [-0.25, -0.2) is 0 Å². The zero-order valence-corrected chi connectivity index (χ0v) is 14.5. The van der Waals surface area contributed by atoms with Crippen LogP contribution in [0.25, 0.3) is 0 Å². The number of ether oxygens (including phenoxy) is 2. The third-order valence-electron chi connectivity index (χ3n) is 3.46. The smallest absolute Gasteiger partial charge is 0.416 e. The summed E-state index contributed by atoms with van der Waals surface area (Å²) in [6.07, 6.45) is -4.45. The van der Waals surface area contributed by atoms with Crippen LogP contribution in [-0.4, -0.2) is 25.2 Å². The van der Waals surface area contributed by atoms with Crippen LogP contribution in [-0.2, 0) is 11.0 Å². The maximum Gasteiger partial charge on any atom is 0.416 e. The van der Waals surface area contributed by atoms with Gasteiger partial charge in [-0.3, -0.25) is 4.79 Å². The molecule has 1 N–H and O–H groups in total. The Kier molecular flexibility index (Phi) is 6.49. The second-order valence-corrected chi connectivity index (χ2v) is 5.91. The Hall–Kier alpha value is -2.70. The molecule has 0 spiro atoms. The van der Waals surface area contributed by atoms with Gasteiger partial charge in [0.1, 0.15) is 18.1 Å². The standard InChI is InChI=1S/C19H20F3NO3/c1-13-6-8-16(9-7-13)25-11-14(2)23-18(24)12-26-17-5-3-4-15(10-17)19(20,21)22/h3-10,14H,11-12H2,1-2H3,(H,23,24). The van der Waals surface area contributed by atoms with Gasteiger partial charge in [0.05, 0.1) is 11.6 Å². The van der Waals surface area contributed by atoms with Crippen LogP contribution in [0, 0.1) is 6.92 Å². The van der Waals surface area contributed by atoms with Gasteiger partial charge < -0.3 is 14.8 Å². The predicted molar refractivity (Wildman–Crippen MR) is 91.2 cm³/mol. The number of benzene rings is 2. The highest BCUT2D eigenvalue weighted by Crippen LogP contribution is 2.31. The largest absolute Gasteiger partial charge is 0.491 e. The minimum absolute atomic E-state index is 0.0152. The highest BCUT2D eigenvalue weighted by Gasteiger charge is 2.30. The number of carbonyl (C=O) groups is 1. The molecule has 1 unspecified atom stereocenters. The molecule has 2 aromatic carbocycles. The molecule has 140 valence electrons. The normalized spacial score (nSPS) is 12.3. The lowest BCUT2D eigenvalue weighted by molar-refractivity contribution is -0.137. The van der Waals surface area contributed by atoms with Crippen molar-refractivity contribution in [2.24, 2.45) is 0 Å². The van der Waals surface area contributed by atoms with Crippen LogP contribution in [0.3, 0.4) is 0 Å². The van der Waals surface area contributed by atoms with Crippen molar-refractivity contribution in [2.45, 2.75) is 26.1 Å². The first-order chi connectivity index (χ1) is 12.2. The van der Waals surface area contributed by atoms with Crippen LogP contribution in [0.15, 0.2) is 48.5 Å². The van der Waals surface area contributed by atoms with Gasteiger partial charge in [0.25, 0.3) is 5.91 Å². The Balaban J connectivity index is 1.76. The van der Waals surface area contributed by atoms with Crippen LogP contribution in [0.2, 0.25) is 0 Å². The second-order valence-electron chi connectivity index (χ2n) is 5.91. The molecule has 0 saturated carbocycles. The third kappa shape index (κ3) is 6.31. The monoisotopic (exact) mass is 367 g/mol. The molecule has 0 aliphatic heterocycles. The fourth-order valence-corrected chi connectivity index (χ4v) is 2.12. The molecule has 0 bridgehead atoms. The molecule has 2 rings (SSSR count). The summed E-state index contributed by atoms with van der Waals surface area (Å²) in [6.45, 7) is 3.61. The van der Waals surface area contributed by atoms with E-state index in [4.69, 9.17) is 9.47 Å². The van der Waals surface area contributed by atoms with Gasteiger partial charge in [-0.15, -0.1) is 0 Å². The lowest BCUT2D eigenvalue weighted by Crippen LogP contribution is -2.39. The molecule has 0 saturated heterocycles. The van der Waals surface area contributed by atoms with Crippen molar-refractivity contribution < 1.29 is 27.4 Å². The van der Waals surface area contributed by atoms with E-state index in [1.807, 2.05) is 31.2 Å². The van der Waals surface area contributed by atoms with Crippen LogP contribution in [0.1, 0.15) is 18.1 Å².